The van der Waals surface area contributed by atoms with Gasteiger partial charge in [-0.15, -0.1) is 0 Å². The first-order valence-corrected chi connectivity index (χ1v) is 6.10. The molecule has 76 valence electrons. The van der Waals surface area contributed by atoms with Crippen molar-refractivity contribution in [3.63, 3.8) is 0 Å². The highest BCUT2D eigenvalue weighted by atomic mass is 32.2. The molecule has 0 heterocycles. The molecule has 1 fully saturated rings. The number of carboxylic acids is 1. The average molecular weight is 203 g/mol. The monoisotopic (exact) mass is 203 g/mol. The van der Waals surface area contributed by atoms with Gasteiger partial charge in [0.25, 0.3) is 0 Å². The molecule has 0 amide bonds. The van der Waals surface area contributed by atoms with Crippen LogP contribution in [0.4, 0.5) is 0 Å². The maximum absolute atomic E-state index is 10.8. The van der Waals surface area contributed by atoms with Crippen molar-refractivity contribution >= 4 is 17.7 Å². The first-order valence-electron chi connectivity index (χ1n) is 4.71. The van der Waals surface area contributed by atoms with Crippen molar-refractivity contribution in [1.82, 2.24) is 5.32 Å². The van der Waals surface area contributed by atoms with E-state index in [1.807, 2.05) is 0 Å². The van der Waals surface area contributed by atoms with Gasteiger partial charge in [0, 0.05) is 0 Å². The molecule has 13 heavy (non-hydrogen) atoms. The molecule has 1 saturated carbocycles. The van der Waals surface area contributed by atoms with E-state index >= 15 is 0 Å². The summed E-state index contributed by atoms with van der Waals surface area (Å²) in [6.45, 7) is 0.828. The Morgan fingerprint density at radius 1 is 1.69 bits per heavy atom. The minimum Gasteiger partial charge on any atom is -0.480 e. The van der Waals surface area contributed by atoms with E-state index in [1.165, 1.54) is 0 Å². The lowest BCUT2D eigenvalue weighted by Gasteiger charge is -2.12. The number of nitrogens with one attached hydrogen (secondary N) is 1. The van der Waals surface area contributed by atoms with E-state index in [2.05, 4.69) is 11.6 Å². The molecule has 1 atom stereocenters. The lowest BCUT2D eigenvalue weighted by atomic mass is 10.2. The Morgan fingerprint density at radius 2 is 2.38 bits per heavy atom. The van der Waals surface area contributed by atoms with Gasteiger partial charge in [-0.2, -0.15) is 11.8 Å². The Morgan fingerprint density at radius 3 is 2.85 bits per heavy atom. The SMILES string of the molecule is CSCCCNC(C(=O)O)C1CC1. The van der Waals surface area contributed by atoms with Crippen molar-refractivity contribution in [2.75, 3.05) is 18.6 Å². The zero-order valence-electron chi connectivity index (χ0n) is 7.95. The second-order valence-electron chi connectivity index (χ2n) is 3.45. The molecule has 4 heteroatoms. The van der Waals surface area contributed by atoms with Crippen LogP contribution in [0, 0.1) is 5.92 Å². The zero-order chi connectivity index (χ0) is 9.68. The topological polar surface area (TPSA) is 49.3 Å². The van der Waals surface area contributed by atoms with Gasteiger partial charge in [-0.1, -0.05) is 0 Å². The Labute approximate surface area is 83.3 Å². The first-order chi connectivity index (χ1) is 6.25. The van der Waals surface area contributed by atoms with Crippen LogP contribution < -0.4 is 5.32 Å². The lowest BCUT2D eigenvalue weighted by Crippen LogP contribution is -2.39. The van der Waals surface area contributed by atoms with Crippen LogP contribution in [0.2, 0.25) is 0 Å². The van der Waals surface area contributed by atoms with E-state index in [9.17, 15) is 4.79 Å². The normalized spacial score (nSPS) is 18.5. The Kier molecular flexibility index (Phi) is 4.59. The van der Waals surface area contributed by atoms with Gasteiger partial charge in [-0.05, 0) is 43.7 Å². The van der Waals surface area contributed by atoms with E-state index in [-0.39, 0.29) is 6.04 Å². The summed E-state index contributed by atoms with van der Waals surface area (Å²) in [6, 6.07) is -0.290. The summed E-state index contributed by atoms with van der Waals surface area (Å²) in [7, 11) is 0. The molecule has 2 N–H and O–H groups in total. The molecule has 3 nitrogen and oxygen atoms in total. The fourth-order valence-electron chi connectivity index (χ4n) is 1.36. The average Bonchev–Trinajstić information content (AvgIpc) is 2.87. The first kappa shape index (κ1) is 10.9. The molecule has 0 spiro atoms. The third-order valence-electron chi connectivity index (χ3n) is 2.25. The minimum absolute atomic E-state index is 0.290. The molecule has 0 radical (unpaired) electrons. The number of rotatable bonds is 7. The van der Waals surface area contributed by atoms with Gasteiger partial charge in [0.05, 0.1) is 0 Å². The summed E-state index contributed by atoms with van der Waals surface area (Å²) in [5.41, 5.74) is 0. The number of thioether (sulfide) groups is 1. The molecular formula is C9H17NO2S. The molecule has 1 aliphatic rings. The van der Waals surface area contributed by atoms with Gasteiger partial charge in [-0.3, -0.25) is 4.79 Å². The van der Waals surface area contributed by atoms with Gasteiger partial charge in [-0.25, -0.2) is 0 Å². The maximum atomic E-state index is 10.8. The summed E-state index contributed by atoms with van der Waals surface area (Å²) in [5, 5.41) is 12.0. The maximum Gasteiger partial charge on any atom is 0.320 e. The van der Waals surface area contributed by atoms with Crippen LogP contribution in [0.5, 0.6) is 0 Å². The van der Waals surface area contributed by atoms with Crippen LogP contribution >= 0.6 is 11.8 Å². The van der Waals surface area contributed by atoms with Crippen LogP contribution in [0.25, 0.3) is 0 Å². The van der Waals surface area contributed by atoms with E-state index in [4.69, 9.17) is 5.11 Å². The smallest absolute Gasteiger partial charge is 0.320 e. The molecule has 0 saturated heterocycles. The minimum atomic E-state index is -0.688. The highest BCUT2D eigenvalue weighted by Crippen LogP contribution is 2.32. The molecule has 0 aromatic carbocycles. The van der Waals surface area contributed by atoms with Crippen LogP contribution in [0.15, 0.2) is 0 Å². The van der Waals surface area contributed by atoms with E-state index in [0.717, 1.165) is 31.6 Å². The Balaban J connectivity index is 2.11. The van der Waals surface area contributed by atoms with Crippen molar-refractivity contribution in [3.05, 3.63) is 0 Å². The summed E-state index contributed by atoms with van der Waals surface area (Å²) < 4.78 is 0. The van der Waals surface area contributed by atoms with E-state index < -0.39 is 5.97 Å². The van der Waals surface area contributed by atoms with Crippen molar-refractivity contribution in [3.8, 4) is 0 Å². The van der Waals surface area contributed by atoms with Crippen LogP contribution in [-0.4, -0.2) is 35.7 Å². The highest BCUT2D eigenvalue weighted by molar-refractivity contribution is 7.98. The molecule has 1 unspecified atom stereocenters. The van der Waals surface area contributed by atoms with Crippen LogP contribution in [-0.2, 0) is 4.79 Å². The summed E-state index contributed by atoms with van der Waals surface area (Å²) in [5.74, 6) is 0.808. The molecular weight excluding hydrogens is 186 g/mol. The van der Waals surface area contributed by atoms with Gasteiger partial charge in [0.2, 0.25) is 0 Å². The molecule has 0 aromatic rings. The standard InChI is InChI=1S/C9H17NO2S/c1-13-6-2-5-10-8(9(11)12)7-3-4-7/h7-8,10H,2-6H2,1H3,(H,11,12). The predicted octanol–water partition coefficient (Wildman–Crippen LogP) is 1.19. The summed E-state index contributed by atoms with van der Waals surface area (Å²) in [4.78, 5) is 10.8. The third kappa shape index (κ3) is 4.00. The van der Waals surface area contributed by atoms with E-state index in [1.54, 1.807) is 11.8 Å². The number of carboxylic acid groups (broad SMARTS) is 1. The summed E-state index contributed by atoms with van der Waals surface area (Å²) in [6.07, 6.45) is 5.27. The Bertz CT molecular complexity index is 171. The number of hydrogen-bond donors (Lipinski definition) is 2. The van der Waals surface area contributed by atoms with Crippen LogP contribution in [0.1, 0.15) is 19.3 Å². The van der Waals surface area contributed by atoms with Crippen molar-refractivity contribution in [1.29, 1.82) is 0 Å². The fraction of sp³-hybridized carbons (Fsp3) is 0.889. The zero-order valence-corrected chi connectivity index (χ0v) is 8.77. The highest BCUT2D eigenvalue weighted by Gasteiger charge is 2.35. The van der Waals surface area contributed by atoms with Gasteiger partial charge in [0.15, 0.2) is 0 Å². The van der Waals surface area contributed by atoms with Crippen molar-refractivity contribution < 1.29 is 9.90 Å². The summed E-state index contributed by atoms with van der Waals surface area (Å²) >= 11 is 1.80. The van der Waals surface area contributed by atoms with Crippen molar-refractivity contribution in [2.24, 2.45) is 5.92 Å². The Hall–Kier alpha value is -0.220. The number of hydrogen-bond acceptors (Lipinski definition) is 3. The van der Waals surface area contributed by atoms with Crippen LogP contribution in [0.3, 0.4) is 0 Å². The third-order valence-corrected chi connectivity index (χ3v) is 2.95. The van der Waals surface area contributed by atoms with Gasteiger partial charge >= 0.3 is 5.97 Å². The predicted molar refractivity (Wildman–Crippen MR) is 55.1 cm³/mol. The molecule has 0 aliphatic heterocycles. The molecule has 1 rings (SSSR count). The number of aliphatic carboxylic acids is 1. The molecule has 0 bridgehead atoms. The second kappa shape index (κ2) is 5.50. The second-order valence-corrected chi connectivity index (χ2v) is 4.44. The van der Waals surface area contributed by atoms with Gasteiger partial charge in [0.1, 0.15) is 6.04 Å². The van der Waals surface area contributed by atoms with E-state index in [0.29, 0.717) is 5.92 Å². The number of carbonyl (C=O) groups is 1. The molecule has 1 aliphatic carbocycles. The quantitative estimate of drug-likeness (QED) is 0.610. The lowest BCUT2D eigenvalue weighted by molar-refractivity contribution is -0.140. The molecule has 0 aromatic heterocycles. The van der Waals surface area contributed by atoms with Gasteiger partial charge < -0.3 is 10.4 Å². The largest absolute Gasteiger partial charge is 0.480 e. The van der Waals surface area contributed by atoms with Crippen molar-refractivity contribution in [2.45, 2.75) is 25.3 Å². The fourth-order valence-corrected chi connectivity index (χ4v) is 1.79.